The topological polar surface area (TPSA) is 89.5 Å². The molecule has 0 fully saturated rings. The number of fused-ring (bicyclic) bond motifs is 1. The van der Waals surface area contributed by atoms with Crippen LogP contribution in [0, 0.1) is 5.82 Å². The van der Waals surface area contributed by atoms with Crippen LogP contribution >= 0.6 is 11.3 Å². The fourth-order valence-electron chi connectivity index (χ4n) is 3.02. The molecule has 2 aromatic heterocycles. The van der Waals surface area contributed by atoms with Gasteiger partial charge in [-0.2, -0.15) is 0 Å². The summed E-state index contributed by atoms with van der Waals surface area (Å²) in [6.07, 6.45) is 1.58. The van der Waals surface area contributed by atoms with Gasteiger partial charge in [0.2, 0.25) is 5.91 Å². The Labute approximate surface area is 188 Å². The highest BCUT2D eigenvalue weighted by Gasteiger charge is 2.27. The molecule has 7 nitrogen and oxygen atoms in total. The van der Waals surface area contributed by atoms with E-state index in [1.54, 1.807) is 24.4 Å². The summed E-state index contributed by atoms with van der Waals surface area (Å²) in [6, 6.07) is 15.2. The first-order valence-electron chi connectivity index (χ1n) is 9.49. The van der Waals surface area contributed by atoms with E-state index in [0.29, 0.717) is 21.7 Å². The number of sulfone groups is 1. The highest BCUT2D eigenvalue weighted by Crippen LogP contribution is 2.31. The lowest BCUT2D eigenvalue weighted by Gasteiger charge is -2.19. The number of aromatic nitrogens is 2. The number of hydrogen-bond donors (Lipinski definition) is 0. The molecule has 0 aliphatic carbocycles. The summed E-state index contributed by atoms with van der Waals surface area (Å²) in [4.78, 5) is 23.1. The number of thiazole rings is 1. The van der Waals surface area contributed by atoms with Gasteiger partial charge in [-0.3, -0.25) is 14.7 Å². The highest BCUT2D eigenvalue weighted by molar-refractivity contribution is 7.92. The van der Waals surface area contributed by atoms with Crippen LogP contribution in [-0.4, -0.2) is 37.2 Å². The summed E-state index contributed by atoms with van der Waals surface area (Å²) in [5.41, 5.74) is 1.08. The fourth-order valence-corrected chi connectivity index (χ4v) is 5.23. The maximum Gasteiger partial charge on any atom is 0.244 e. The van der Waals surface area contributed by atoms with E-state index in [1.807, 2.05) is 0 Å². The maximum atomic E-state index is 13.6. The Bertz CT molecular complexity index is 1360. The summed E-state index contributed by atoms with van der Waals surface area (Å²) < 4.78 is 45.0. The molecule has 2 heterocycles. The van der Waals surface area contributed by atoms with Crippen molar-refractivity contribution < 1.29 is 22.3 Å². The van der Waals surface area contributed by atoms with Gasteiger partial charge >= 0.3 is 0 Å². The third-order valence-electron chi connectivity index (χ3n) is 4.65. The van der Waals surface area contributed by atoms with Gasteiger partial charge in [0.15, 0.2) is 15.0 Å². The number of amides is 1. The molecule has 1 amide bonds. The molecule has 4 aromatic rings. The van der Waals surface area contributed by atoms with Gasteiger partial charge in [0.05, 0.1) is 34.5 Å². The normalized spacial score (nSPS) is 11.4. The molecule has 10 heteroatoms. The van der Waals surface area contributed by atoms with E-state index in [0.717, 1.165) is 11.3 Å². The number of rotatable bonds is 7. The Balaban J connectivity index is 1.67. The molecule has 0 saturated carbocycles. The molecule has 0 radical (unpaired) electrons. The molecule has 0 atom stereocenters. The molecule has 4 rings (SSSR count). The van der Waals surface area contributed by atoms with Crippen LogP contribution < -0.4 is 9.64 Å². The van der Waals surface area contributed by atoms with Crippen LogP contribution in [0.15, 0.2) is 71.8 Å². The van der Waals surface area contributed by atoms with Crippen LogP contribution in [0.4, 0.5) is 9.52 Å². The number of ether oxygens (including phenoxy) is 1. The number of benzene rings is 2. The Morgan fingerprint density at radius 3 is 2.59 bits per heavy atom. The van der Waals surface area contributed by atoms with Crippen molar-refractivity contribution in [2.45, 2.75) is 11.4 Å². The number of pyridine rings is 1. The van der Waals surface area contributed by atoms with Crippen LogP contribution in [0.5, 0.6) is 5.75 Å². The lowest BCUT2D eigenvalue weighted by molar-refractivity contribution is -0.116. The number of carbonyl (C=O) groups excluding carboxylic acids is 1. The summed E-state index contributed by atoms with van der Waals surface area (Å²) in [6.45, 7) is 0.0279. The van der Waals surface area contributed by atoms with E-state index >= 15 is 0 Å². The molecule has 164 valence electrons. The van der Waals surface area contributed by atoms with Crippen LogP contribution in [0.3, 0.4) is 0 Å². The third kappa shape index (κ3) is 4.76. The van der Waals surface area contributed by atoms with Crippen molar-refractivity contribution >= 4 is 42.4 Å². The van der Waals surface area contributed by atoms with Crippen molar-refractivity contribution in [3.63, 3.8) is 0 Å². The Hall–Kier alpha value is -3.37. The quantitative estimate of drug-likeness (QED) is 0.407. The van der Waals surface area contributed by atoms with Gasteiger partial charge in [-0.1, -0.05) is 17.4 Å². The molecule has 0 bridgehead atoms. The van der Waals surface area contributed by atoms with Gasteiger partial charge in [-0.05, 0) is 54.6 Å². The molecule has 0 aliphatic rings. The van der Waals surface area contributed by atoms with E-state index in [9.17, 15) is 17.6 Å². The van der Waals surface area contributed by atoms with Gasteiger partial charge in [0.25, 0.3) is 0 Å². The first kappa shape index (κ1) is 21.8. The molecule has 32 heavy (non-hydrogen) atoms. The smallest absolute Gasteiger partial charge is 0.244 e. The van der Waals surface area contributed by atoms with Gasteiger partial charge < -0.3 is 4.74 Å². The predicted molar refractivity (Wildman–Crippen MR) is 120 cm³/mol. The van der Waals surface area contributed by atoms with E-state index in [4.69, 9.17) is 4.74 Å². The minimum Gasteiger partial charge on any atom is -0.497 e. The van der Waals surface area contributed by atoms with Crippen molar-refractivity contribution in [2.75, 3.05) is 17.8 Å². The van der Waals surface area contributed by atoms with Crippen molar-refractivity contribution in [1.29, 1.82) is 0 Å². The standard InChI is InChI=1S/C22H18FN3O4S2/c1-30-17-6-8-18(9-7-17)32(28,29)14-21(27)26(13-16-4-2-3-11-24-16)22-25-19-10-5-15(23)12-20(19)31-22/h2-12H,13-14H2,1H3. The Kier molecular flexibility index (Phi) is 6.15. The zero-order valence-corrected chi connectivity index (χ0v) is 18.6. The average molecular weight is 472 g/mol. The second kappa shape index (κ2) is 9.01. The van der Waals surface area contributed by atoms with Crippen LogP contribution in [0.2, 0.25) is 0 Å². The maximum absolute atomic E-state index is 13.6. The lowest BCUT2D eigenvalue weighted by atomic mass is 10.3. The highest BCUT2D eigenvalue weighted by atomic mass is 32.2. The van der Waals surface area contributed by atoms with Crippen LogP contribution in [-0.2, 0) is 21.2 Å². The largest absolute Gasteiger partial charge is 0.497 e. The molecule has 0 unspecified atom stereocenters. The average Bonchev–Trinajstić information content (AvgIpc) is 3.20. The molecule has 0 aliphatic heterocycles. The second-order valence-corrected chi connectivity index (χ2v) is 9.84. The number of methoxy groups -OCH3 is 1. The molecule has 0 N–H and O–H groups in total. The van der Waals surface area contributed by atoms with Crippen molar-refractivity contribution in [3.05, 3.63) is 78.4 Å². The molecule has 0 spiro atoms. The number of halogens is 1. The number of nitrogens with zero attached hydrogens (tertiary/aromatic N) is 3. The van der Waals surface area contributed by atoms with E-state index in [1.165, 1.54) is 54.5 Å². The minimum atomic E-state index is -3.92. The van der Waals surface area contributed by atoms with Crippen molar-refractivity contribution in [2.24, 2.45) is 0 Å². The number of anilines is 1. The molecule has 0 saturated heterocycles. The first-order chi connectivity index (χ1) is 15.4. The van der Waals surface area contributed by atoms with Crippen LogP contribution in [0.1, 0.15) is 5.69 Å². The summed E-state index contributed by atoms with van der Waals surface area (Å²) in [5, 5.41) is 0.270. The number of hydrogen-bond acceptors (Lipinski definition) is 7. The minimum absolute atomic E-state index is 0.0100. The predicted octanol–water partition coefficient (Wildman–Crippen LogP) is 3.85. The van der Waals surface area contributed by atoms with E-state index in [2.05, 4.69) is 9.97 Å². The van der Waals surface area contributed by atoms with E-state index in [-0.39, 0.29) is 16.6 Å². The second-order valence-electron chi connectivity index (χ2n) is 6.84. The Morgan fingerprint density at radius 1 is 1.12 bits per heavy atom. The van der Waals surface area contributed by atoms with Crippen LogP contribution in [0.25, 0.3) is 10.2 Å². The monoisotopic (exact) mass is 471 g/mol. The van der Waals surface area contributed by atoms with Crippen molar-refractivity contribution in [1.82, 2.24) is 9.97 Å². The Morgan fingerprint density at radius 2 is 1.91 bits per heavy atom. The zero-order valence-electron chi connectivity index (χ0n) is 16.9. The molecular formula is C22H18FN3O4S2. The SMILES string of the molecule is COc1ccc(S(=O)(=O)CC(=O)N(Cc2ccccn2)c2nc3ccc(F)cc3s2)cc1. The van der Waals surface area contributed by atoms with Gasteiger partial charge in [-0.15, -0.1) is 0 Å². The zero-order chi connectivity index (χ0) is 22.7. The number of carbonyl (C=O) groups is 1. The van der Waals surface area contributed by atoms with E-state index < -0.39 is 27.3 Å². The lowest BCUT2D eigenvalue weighted by Crippen LogP contribution is -2.35. The van der Waals surface area contributed by atoms with Gasteiger partial charge in [-0.25, -0.2) is 17.8 Å². The fraction of sp³-hybridized carbons (Fsp3) is 0.136. The third-order valence-corrected chi connectivity index (χ3v) is 7.31. The molecule has 2 aromatic carbocycles. The molecular weight excluding hydrogens is 453 g/mol. The van der Waals surface area contributed by atoms with Gasteiger partial charge in [0, 0.05) is 6.20 Å². The summed E-state index contributed by atoms with van der Waals surface area (Å²) in [7, 11) is -2.44. The first-order valence-corrected chi connectivity index (χ1v) is 12.0. The van der Waals surface area contributed by atoms with Crippen molar-refractivity contribution in [3.8, 4) is 5.75 Å². The summed E-state index contributed by atoms with van der Waals surface area (Å²) >= 11 is 1.11. The van der Waals surface area contributed by atoms with Gasteiger partial charge in [0.1, 0.15) is 17.3 Å². The summed E-state index contributed by atoms with van der Waals surface area (Å²) in [5.74, 6) is -1.33.